The number of likely N-dealkylation sites (N-methyl/N-ethyl adjacent to an activating group) is 1. The molecule has 1 saturated heterocycles. The van der Waals surface area contributed by atoms with Gasteiger partial charge in [0.25, 0.3) is 0 Å². The molecule has 6 heteroatoms. The van der Waals surface area contributed by atoms with E-state index in [1.807, 2.05) is 17.0 Å². The first kappa shape index (κ1) is 19.8. The van der Waals surface area contributed by atoms with Crippen molar-refractivity contribution >= 4 is 12.0 Å². The number of nitrogens with zero attached hydrogens (tertiary/aromatic N) is 3. The van der Waals surface area contributed by atoms with E-state index in [-0.39, 0.29) is 5.91 Å². The monoisotopic (exact) mass is 357 g/mol. The molecule has 1 aromatic carbocycles. The van der Waals surface area contributed by atoms with Crippen LogP contribution < -0.4 is 0 Å². The zero-order chi connectivity index (χ0) is 19.3. The Morgan fingerprint density at radius 1 is 1.23 bits per heavy atom. The van der Waals surface area contributed by atoms with Crippen LogP contribution in [0.4, 0.5) is 4.79 Å². The van der Waals surface area contributed by atoms with Gasteiger partial charge in [-0.2, -0.15) is 5.26 Å². The Hall–Kier alpha value is -2.55. The summed E-state index contributed by atoms with van der Waals surface area (Å²) in [4.78, 5) is 28.7. The summed E-state index contributed by atoms with van der Waals surface area (Å²) < 4.78 is 5.44. The Kier molecular flexibility index (Phi) is 6.25. The summed E-state index contributed by atoms with van der Waals surface area (Å²) in [7, 11) is 1.61. The molecule has 1 atom stereocenters. The molecule has 1 aliphatic heterocycles. The van der Waals surface area contributed by atoms with E-state index in [0.717, 1.165) is 31.5 Å². The normalized spacial score (nSPS) is 15.3. The van der Waals surface area contributed by atoms with E-state index in [2.05, 4.69) is 6.07 Å². The molecule has 140 valence electrons. The van der Waals surface area contributed by atoms with Gasteiger partial charge in [0.15, 0.2) is 0 Å². The molecule has 0 aliphatic carbocycles. The van der Waals surface area contributed by atoms with Gasteiger partial charge in [0.2, 0.25) is 5.91 Å². The fourth-order valence-electron chi connectivity index (χ4n) is 2.94. The number of rotatable bonds is 4. The number of benzene rings is 1. The minimum absolute atomic E-state index is 0.0554. The number of ether oxygens (including phenoxy) is 1. The average molecular weight is 357 g/mol. The maximum Gasteiger partial charge on any atom is 0.410 e. The van der Waals surface area contributed by atoms with Crippen molar-refractivity contribution in [2.75, 3.05) is 20.1 Å². The standard InChI is InChI=1S/C20H27N3O3/c1-20(2,3)26-19(25)22(4)17(18(24)23-11-5-6-12-23)13-15-7-9-16(14-21)10-8-15/h7-10,17H,5-6,11-13H2,1-4H3. The third-order valence-electron chi connectivity index (χ3n) is 4.36. The highest BCUT2D eigenvalue weighted by atomic mass is 16.6. The zero-order valence-electron chi connectivity index (χ0n) is 16.0. The minimum Gasteiger partial charge on any atom is -0.444 e. The molecule has 26 heavy (non-hydrogen) atoms. The number of carbonyl (C=O) groups is 2. The maximum absolute atomic E-state index is 13.0. The second kappa shape index (κ2) is 8.22. The van der Waals surface area contributed by atoms with Crippen LogP contribution in [0.5, 0.6) is 0 Å². The molecular weight excluding hydrogens is 330 g/mol. The lowest BCUT2D eigenvalue weighted by atomic mass is 10.0. The topological polar surface area (TPSA) is 73.6 Å². The highest BCUT2D eigenvalue weighted by Crippen LogP contribution is 2.18. The average Bonchev–Trinajstić information content (AvgIpc) is 3.12. The summed E-state index contributed by atoms with van der Waals surface area (Å²) in [6.45, 7) is 6.86. The van der Waals surface area contributed by atoms with E-state index < -0.39 is 17.7 Å². The van der Waals surface area contributed by atoms with Gasteiger partial charge in [0.05, 0.1) is 11.6 Å². The van der Waals surface area contributed by atoms with Crippen LogP contribution in [0.25, 0.3) is 0 Å². The van der Waals surface area contributed by atoms with E-state index in [1.165, 1.54) is 4.90 Å². The lowest BCUT2D eigenvalue weighted by Gasteiger charge is -2.32. The molecule has 1 unspecified atom stereocenters. The Morgan fingerprint density at radius 3 is 2.31 bits per heavy atom. The first-order valence-electron chi connectivity index (χ1n) is 8.95. The second-order valence-electron chi connectivity index (χ2n) is 7.65. The molecule has 1 fully saturated rings. The van der Waals surface area contributed by atoms with Crippen molar-refractivity contribution in [2.24, 2.45) is 0 Å². The molecule has 0 N–H and O–H groups in total. The lowest BCUT2D eigenvalue weighted by Crippen LogP contribution is -2.50. The highest BCUT2D eigenvalue weighted by molar-refractivity contribution is 5.86. The molecule has 1 aliphatic rings. The number of likely N-dealkylation sites (tertiary alicyclic amines) is 1. The molecule has 6 nitrogen and oxygen atoms in total. The Morgan fingerprint density at radius 2 is 1.81 bits per heavy atom. The van der Waals surface area contributed by atoms with Gasteiger partial charge in [0, 0.05) is 26.6 Å². The van der Waals surface area contributed by atoms with Crippen molar-refractivity contribution in [3.63, 3.8) is 0 Å². The van der Waals surface area contributed by atoms with Gasteiger partial charge in [-0.1, -0.05) is 12.1 Å². The number of hydrogen-bond donors (Lipinski definition) is 0. The molecular formula is C20H27N3O3. The van der Waals surface area contributed by atoms with Crippen molar-refractivity contribution in [1.82, 2.24) is 9.80 Å². The summed E-state index contributed by atoms with van der Waals surface area (Å²) in [5.74, 6) is -0.0554. The molecule has 2 rings (SSSR count). The summed E-state index contributed by atoms with van der Waals surface area (Å²) in [5, 5.41) is 8.93. The van der Waals surface area contributed by atoms with Gasteiger partial charge in [-0.3, -0.25) is 9.69 Å². The fourth-order valence-corrected chi connectivity index (χ4v) is 2.94. The van der Waals surface area contributed by atoms with Crippen molar-refractivity contribution < 1.29 is 14.3 Å². The van der Waals surface area contributed by atoms with Crippen LogP contribution in [0.3, 0.4) is 0 Å². The summed E-state index contributed by atoms with van der Waals surface area (Å²) in [6, 6.07) is 8.55. The van der Waals surface area contributed by atoms with E-state index >= 15 is 0 Å². The van der Waals surface area contributed by atoms with E-state index in [9.17, 15) is 9.59 Å². The first-order valence-corrected chi connectivity index (χ1v) is 8.95. The van der Waals surface area contributed by atoms with Crippen molar-refractivity contribution in [1.29, 1.82) is 5.26 Å². The highest BCUT2D eigenvalue weighted by Gasteiger charge is 2.34. The van der Waals surface area contributed by atoms with Gasteiger partial charge in [0.1, 0.15) is 11.6 Å². The largest absolute Gasteiger partial charge is 0.444 e. The third-order valence-corrected chi connectivity index (χ3v) is 4.36. The van der Waals surface area contributed by atoms with Crippen LogP contribution in [0.2, 0.25) is 0 Å². The van der Waals surface area contributed by atoms with Gasteiger partial charge >= 0.3 is 6.09 Å². The van der Waals surface area contributed by atoms with Crippen LogP contribution in [0, 0.1) is 11.3 Å². The molecule has 0 radical (unpaired) electrons. The van der Waals surface area contributed by atoms with Crippen LogP contribution in [0.1, 0.15) is 44.7 Å². The number of nitriles is 1. The van der Waals surface area contributed by atoms with Crippen LogP contribution >= 0.6 is 0 Å². The maximum atomic E-state index is 13.0. The number of carbonyl (C=O) groups excluding carboxylic acids is 2. The van der Waals surface area contributed by atoms with Gasteiger partial charge in [-0.15, -0.1) is 0 Å². The number of hydrogen-bond acceptors (Lipinski definition) is 4. The van der Waals surface area contributed by atoms with Crippen molar-refractivity contribution in [2.45, 2.75) is 51.7 Å². The van der Waals surface area contributed by atoms with Gasteiger partial charge < -0.3 is 9.64 Å². The van der Waals surface area contributed by atoms with Crippen molar-refractivity contribution in [3.8, 4) is 6.07 Å². The fraction of sp³-hybridized carbons (Fsp3) is 0.550. The van der Waals surface area contributed by atoms with E-state index in [1.54, 1.807) is 40.0 Å². The summed E-state index contributed by atoms with van der Waals surface area (Å²) >= 11 is 0. The molecule has 1 heterocycles. The summed E-state index contributed by atoms with van der Waals surface area (Å²) in [6.07, 6.45) is 1.86. The Bertz CT molecular complexity index is 680. The molecule has 2 amide bonds. The third kappa shape index (κ3) is 5.22. The van der Waals surface area contributed by atoms with Gasteiger partial charge in [-0.05, 0) is 51.3 Å². The smallest absolute Gasteiger partial charge is 0.410 e. The molecule has 1 aromatic rings. The van der Waals surface area contributed by atoms with Crippen molar-refractivity contribution in [3.05, 3.63) is 35.4 Å². The Balaban J connectivity index is 2.21. The SMILES string of the molecule is CN(C(=O)OC(C)(C)C)C(Cc1ccc(C#N)cc1)C(=O)N1CCCC1. The predicted molar refractivity (Wildman–Crippen MR) is 98.5 cm³/mol. The quantitative estimate of drug-likeness (QED) is 0.830. The van der Waals surface area contributed by atoms with Crippen LogP contribution in [-0.4, -0.2) is 53.6 Å². The number of amides is 2. The second-order valence-corrected chi connectivity index (χ2v) is 7.65. The van der Waals surface area contributed by atoms with Gasteiger partial charge in [-0.25, -0.2) is 4.79 Å². The Labute approximate surface area is 155 Å². The molecule has 0 bridgehead atoms. The minimum atomic E-state index is -0.629. The van der Waals surface area contributed by atoms with E-state index in [4.69, 9.17) is 10.00 Å². The molecule has 0 saturated carbocycles. The predicted octanol–water partition coefficient (Wildman–Crippen LogP) is 2.96. The van der Waals surface area contributed by atoms with E-state index in [0.29, 0.717) is 12.0 Å². The lowest BCUT2D eigenvalue weighted by molar-refractivity contribution is -0.135. The van der Waals surface area contributed by atoms with Crippen LogP contribution in [-0.2, 0) is 16.0 Å². The zero-order valence-corrected chi connectivity index (χ0v) is 16.0. The molecule has 0 spiro atoms. The summed E-state index contributed by atoms with van der Waals surface area (Å²) in [5.41, 5.74) is 0.842. The van der Waals surface area contributed by atoms with Crippen LogP contribution in [0.15, 0.2) is 24.3 Å². The first-order chi connectivity index (χ1) is 12.2. The molecule has 0 aromatic heterocycles.